The predicted octanol–water partition coefficient (Wildman–Crippen LogP) is 3.93. The normalized spacial score (nSPS) is 24.7. The molecule has 1 aliphatic carbocycles. The Morgan fingerprint density at radius 3 is 2.50 bits per heavy atom. The van der Waals surface area contributed by atoms with E-state index in [0.717, 1.165) is 32.1 Å². The zero-order chi connectivity index (χ0) is 21.9. The van der Waals surface area contributed by atoms with Crippen LogP contribution in [0.1, 0.15) is 57.8 Å². The molecule has 1 saturated carbocycles. The lowest BCUT2D eigenvalue weighted by Gasteiger charge is -2.24. The third kappa shape index (κ3) is 8.17. The lowest BCUT2D eigenvalue weighted by molar-refractivity contribution is -0.140. The van der Waals surface area contributed by atoms with E-state index in [1.165, 1.54) is 24.9 Å². The van der Waals surface area contributed by atoms with Crippen molar-refractivity contribution in [2.45, 2.75) is 81.0 Å². The highest BCUT2D eigenvalue weighted by atomic mass is 32.2. The fourth-order valence-corrected chi connectivity index (χ4v) is 5.22. The average Bonchev–Trinajstić information content (AvgIpc) is 3.00. The second-order valence-electron chi connectivity index (χ2n) is 8.20. The number of carbonyl (C=O) groups is 1. The van der Waals surface area contributed by atoms with Gasteiger partial charge in [0.25, 0.3) is 0 Å². The van der Waals surface area contributed by atoms with Crippen molar-refractivity contribution in [3.8, 4) is 0 Å². The number of hydrogen-bond acceptors (Lipinski definition) is 6. The van der Waals surface area contributed by atoms with Crippen LogP contribution in [0.3, 0.4) is 0 Å². The smallest absolute Gasteiger partial charge is 0.305 e. The van der Waals surface area contributed by atoms with Crippen molar-refractivity contribution < 1.29 is 29.2 Å². The molecule has 1 fully saturated rings. The van der Waals surface area contributed by atoms with Gasteiger partial charge in [-0.15, -0.1) is 11.8 Å². The molecule has 170 valence electrons. The van der Waals surface area contributed by atoms with Crippen LogP contribution in [0.25, 0.3) is 0 Å². The van der Waals surface area contributed by atoms with Crippen molar-refractivity contribution in [3.63, 3.8) is 0 Å². The molecule has 3 N–H and O–H groups in total. The van der Waals surface area contributed by atoms with Gasteiger partial charge in [-0.25, -0.2) is 4.39 Å². The molecule has 5 atom stereocenters. The van der Waals surface area contributed by atoms with Gasteiger partial charge in [0.05, 0.1) is 25.4 Å². The number of ether oxygens (including phenoxy) is 1. The van der Waals surface area contributed by atoms with Crippen LogP contribution in [-0.2, 0) is 9.53 Å². The van der Waals surface area contributed by atoms with Gasteiger partial charge in [-0.1, -0.05) is 31.4 Å². The molecular weight excluding hydrogens is 407 g/mol. The third-order valence-corrected chi connectivity index (χ3v) is 7.21. The SMILES string of the molecule is COC(=O)CCCCCC[C@@H]1[C@@H](CCC(O)CSc2ccccc2F)[C@H](O)C[C@@H]1O. The predicted molar refractivity (Wildman–Crippen MR) is 116 cm³/mol. The first-order chi connectivity index (χ1) is 14.4. The Bertz CT molecular complexity index is 644. The van der Waals surface area contributed by atoms with E-state index < -0.39 is 18.3 Å². The van der Waals surface area contributed by atoms with Crippen LogP contribution < -0.4 is 0 Å². The molecule has 5 nitrogen and oxygen atoms in total. The Morgan fingerprint density at radius 2 is 1.80 bits per heavy atom. The Hall–Kier alpha value is -1.15. The van der Waals surface area contributed by atoms with Crippen molar-refractivity contribution in [2.75, 3.05) is 12.9 Å². The van der Waals surface area contributed by atoms with Gasteiger partial charge >= 0.3 is 5.97 Å². The molecule has 30 heavy (non-hydrogen) atoms. The molecule has 0 radical (unpaired) electrons. The van der Waals surface area contributed by atoms with Gasteiger partial charge in [-0.2, -0.15) is 0 Å². The quantitative estimate of drug-likeness (QED) is 0.244. The second kappa shape index (κ2) is 13.3. The Labute approximate surface area is 183 Å². The van der Waals surface area contributed by atoms with Crippen LogP contribution >= 0.6 is 11.8 Å². The average molecular weight is 443 g/mol. The van der Waals surface area contributed by atoms with E-state index in [1.807, 2.05) is 0 Å². The number of hydrogen-bond donors (Lipinski definition) is 3. The fraction of sp³-hybridized carbons (Fsp3) is 0.696. The zero-order valence-corrected chi connectivity index (χ0v) is 18.5. The maximum absolute atomic E-state index is 13.7. The monoisotopic (exact) mass is 442 g/mol. The van der Waals surface area contributed by atoms with Crippen molar-refractivity contribution in [1.29, 1.82) is 0 Å². The van der Waals surface area contributed by atoms with E-state index in [-0.39, 0.29) is 23.6 Å². The minimum absolute atomic E-state index is 0.0248. The number of methoxy groups -OCH3 is 1. The third-order valence-electron chi connectivity index (χ3n) is 6.02. The molecule has 0 aliphatic heterocycles. The summed E-state index contributed by atoms with van der Waals surface area (Å²) in [7, 11) is 1.39. The molecule has 0 spiro atoms. The van der Waals surface area contributed by atoms with Gasteiger partial charge in [0.2, 0.25) is 0 Å². The van der Waals surface area contributed by atoms with Gasteiger partial charge in [-0.3, -0.25) is 4.79 Å². The highest BCUT2D eigenvalue weighted by molar-refractivity contribution is 7.99. The fourth-order valence-electron chi connectivity index (χ4n) is 4.30. The molecule has 1 unspecified atom stereocenters. The molecular formula is C23H35FO5S. The summed E-state index contributed by atoms with van der Waals surface area (Å²) in [5, 5.41) is 31.0. The number of aliphatic hydroxyl groups is 3. The summed E-state index contributed by atoms with van der Waals surface area (Å²) in [6.07, 6.45) is 4.85. The van der Waals surface area contributed by atoms with Crippen LogP contribution in [0.2, 0.25) is 0 Å². The molecule has 0 amide bonds. The van der Waals surface area contributed by atoms with Crippen molar-refractivity contribution in [3.05, 3.63) is 30.1 Å². The van der Waals surface area contributed by atoms with Crippen LogP contribution in [0.4, 0.5) is 4.39 Å². The van der Waals surface area contributed by atoms with Crippen LogP contribution in [0, 0.1) is 17.7 Å². The van der Waals surface area contributed by atoms with Crippen LogP contribution in [-0.4, -0.2) is 52.5 Å². The van der Waals surface area contributed by atoms with Crippen LogP contribution in [0.15, 0.2) is 29.2 Å². The number of thioether (sulfide) groups is 1. The summed E-state index contributed by atoms with van der Waals surface area (Å²) in [5.74, 6) is -0.0565. The maximum Gasteiger partial charge on any atom is 0.305 e. The molecule has 1 aliphatic rings. The van der Waals surface area contributed by atoms with Crippen molar-refractivity contribution >= 4 is 17.7 Å². The molecule has 0 aromatic heterocycles. The molecule has 2 rings (SSSR count). The van der Waals surface area contributed by atoms with E-state index in [4.69, 9.17) is 0 Å². The van der Waals surface area contributed by atoms with E-state index in [9.17, 15) is 24.5 Å². The second-order valence-corrected chi connectivity index (χ2v) is 9.26. The maximum atomic E-state index is 13.7. The Morgan fingerprint density at radius 1 is 1.13 bits per heavy atom. The van der Waals surface area contributed by atoms with Crippen molar-refractivity contribution in [1.82, 2.24) is 0 Å². The Balaban J connectivity index is 1.70. The first kappa shape index (κ1) is 25.1. The number of halogens is 1. The number of aliphatic hydroxyl groups excluding tert-OH is 3. The lowest BCUT2D eigenvalue weighted by atomic mass is 9.85. The van der Waals surface area contributed by atoms with E-state index in [1.54, 1.807) is 18.2 Å². The van der Waals surface area contributed by atoms with E-state index >= 15 is 0 Å². The summed E-state index contributed by atoms with van der Waals surface area (Å²) in [5.41, 5.74) is 0. The minimum Gasteiger partial charge on any atom is -0.469 e. The van der Waals surface area contributed by atoms with Gasteiger partial charge in [0.1, 0.15) is 5.82 Å². The number of esters is 1. The van der Waals surface area contributed by atoms with Gasteiger partial charge in [0, 0.05) is 17.1 Å². The number of rotatable bonds is 13. The topological polar surface area (TPSA) is 87.0 Å². The Kier molecular flexibility index (Phi) is 11.1. The largest absolute Gasteiger partial charge is 0.469 e. The molecule has 0 heterocycles. The highest BCUT2D eigenvalue weighted by Gasteiger charge is 2.40. The standard InChI is InChI=1S/C23H35FO5S/c1-29-23(28)11-5-3-2-4-8-17-18(21(27)14-20(17)26)13-12-16(25)15-30-22-10-7-6-9-19(22)24/h6-7,9-10,16-18,20-21,25-27H,2-5,8,11-15H2,1H3/t16?,17-,18-,20+,21-/m1/s1. The summed E-state index contributed by atoms with van der Waals surface area (Å²) >= 11 is 1.30. The van der Waals surface area contributed by atoms with Gasteiger partial charge in [-0.05, 0) is 56.1 Å². The number of carbonyl (C=O) groups excluding carboxylic acids is 1. The summed E-state index contributed by atoms with van der Waals surface area (Å²) in [4.78, 5) is 11.6. The summed E-state index contributed by atoms with van der Waals surface area (Å²) < 4.78 is 18.3. The highest BCUT2D eigenvalue weighted by Crippen LogP contribution is 2.39. The number of unbranched alkanes of at least 4 members (excludes halogenated alkanes) is 3. The molecule has 7 heteroatoms. The summed E-state index contributed by atoms with van der Waals surface area (Å²) in [6.45, 7) is 0. The number of benzene rings is 1. The zero-order valence-electron chi connectivity index (χ0n) is 17.7. The van der Waals surface area contributed by atoms with Gasteiger partial charge in [0.15, 0.2) is 0 Å². The molecule has 0 bridgehead atoms. The molecule has 1 aromatic carbocycles. The first-order valence-corrected chi connectivity index (χ1v) is 11.9. The molecule has 1 aromatic rings. The molecule has 0 saturated heterocycles. The van der Waals surface area contributed by atoms with E-state index in [2.05, 4.69) is 4.74 Å². The van der Waals surface area contributed by atoms with Crippen molar-refractivity contribution in [2.24, 2.45) is 11.8 Å². The van der Waals surface area contributed by atoms with Crippen LogP contribution in [0.5, 0.6) is 0 Å². The summed E-state index contributed by atoms with van der Waals surface area (Å²) in [6, 6.07) is 6.52. The lowest BCUT2D eigenvalue weighted by Crippen LogP contribution is -2.24. The first-order valence-electron chi connectivity index (χ1n) is 10.9. The van der Waals surface area contributed by atoms with E-state index in [0.29, 0.717) is 36.3 Å². The van der Waals surface area contributed by atoms with Gasteiger partial charge < -0.3 is 20.1 Å². The minimum atomic E-state index is -0.585.